The van der Waals surface area contributed by atoms with Crippen LogP contribution in [-0.2, 0) is 6.42 Å². The van der Waals surface area contributed by atoms with E-state index in [2.05, 4.69) is 43.6 Å². The van der Waals surface area contributed by atoms with Crippen molar-refractivity contribution in [3.8, 4) is 0 Å². The second-order valence-electron chi connectivity index (χ2n) is 5.34. The second-order valence-corrected chi connectivity index (χ2v) is 5.34. The lowest BCUT2D eigenvalue weighted by molar-refractivity contribution is 0.644. The molecule has 108 valence electrons. The zero-order valence-electron chi connectivity index (χ0n) is 12.9. The summed E-state index contributed by atoms with van der Waals surface area (Å²) in [6.07, 6.45) is 6.24. The summed E-state index contributed by atoms with van der Waals surface area (Å²) in [6.45, 7) is 10.9. The summed E-state index contributed by atoms with van der Waals surface area (Å²) in [5.74, 6) is 1.14. The summed E-state index contributed by atoms with van der Waals surface area (Å²) >= 11 is 0. The van der Waals surface area contributed by atoms with E-state index in [4.69, 9.17) is 5.73 Å². The number of hydrogen-bond acceptors (Lipinski definition) is 3. The van der Waals surface area contributed by atoms with Crippen LogP contribution in [-0.4, -0.2) is 24.1 Å². The van der Waals surface area contributed by atoms with Gasteiger partial charge in [-0.15, -0.1) is 0 Å². The van der Waals surface area contributed by atoms with Crippen molar-refractivity contribution < 1.29 is 0 Å². The fraction of sp³-hybridized carbons (Fsp3) is 0.688. The van der Waals surface area contributed by atoms with Crippen LogP contribution in [0.5, 0.6) is 0 Å². The molecule has 1 aromatic heterocycles. The van der Waals surface area contributed by atoms with Gasteiger partial charge in [0.05, 0.1) is 0 Å². The third-order valence-corrected chi connectivity index (χ3v) is 3.42. The molecule has 0 aromatic carbocycles. The average molecular weight is 263 g/mol. The minimum atomic E-state index is 0.245. The molecule has 19 heavy (non-hydrogen) atoms. The van der Waals surface area contributed by atoms with E-state index in [-0.39, 0.29) is 6.04 Å². The predicted molar refractivity (Wildman–Crippen MR) is 83.7 cm³/mol. The van der Waals surface area contributed by atoms with E-state index in [9.17, 15) is 0 Å². The lowest BCUT2D eigenvalue weighted by atomic mass is 10.0. The Bertz CT molecular complexity index is 370. The quantitative estimate of drug-likeness (QED) is 0.782. The van der Waals surface area contributed by atoms with Gasteiger partial charge >= 0.3 is 0 Å². The van der Waals surface area contributed by atoms with Crippen molar-refractivity contribution >= 4 is 5.82 Å². The van der Waals surface area contributed by atoms with Crippen molar-refractivity contribution in [2.24, 2.45) is 5.73 Å². The van der Waals surface area contributed by atoms with Gasteiger partial charge in [0.15, 0.2) is 0 Å². The maximum absolute atomic E-state index is 6.01. The van der Waals surface area contributed by atoms with Crippen LogP contribution in [0.1, 0.15) is 51.2 Å². The Kier molecular flexibility index (Phi) is 6.85. The van der Waals surface area contributed by atoms with Crippen LogP contribution in [0.15, 0.2) is 12.3 Å². The number of anilines is 1. The van der Waals surface area contributed by atoms with Crippen molar-refractivity contribution in [1.82, 2.24) is 4.98 Å². The Labute approximate surface area is 118 Å². The van der Waals surface area contributed by atoms with Crippen LogP contribution < -0.4 is 10.6 Å². The minimum Gasteiger partial charge on any atom is -0.356 e. The molecule has 1 aromatic rings. The van der Waals surface area contributed by atoms with Crippen LogP contribution in [0.3, 0.4) is 0 Å². The molecular weight excluding hydrogens is 234 g/mol. The van der Waals surface area contributed by atoms with E-state index in [0.29, 0.717) is 0 Å². The van der Waals surface area contributed by atoms with Crippen LogP contribution in [0.4, 0.5) is 5.82 Å². The zero-order valence-corrected chi connectivity index (χ0v) is 12.9. The zero-order chi connectivity index (χ0) is 14.3. The van der Waals surface area contributed by atoms with Crippen LogP contribution in [0, 0.1) is 6.92 Å². The first-order valence-corrected chi connectivity index (χ1v) is 7.58. The van der Waals surface area contributed by atoms with E-state index in [1.165, 1.54) is 11.1 Å². The maximum atomic E-state index is 6.01. The fourth-order valence-electron chi connectivity index (χ4n) is 2.38. The van der Waals surface area contributed by atoms with Crippen LogP contribution in [0.2, 0.25) is 0 Å². The molecule has 0 spiro atoms. The predicted octanol–water partition coefficient (Wildman–Crippen LogP) is 3.30. The summed E-state index contributed by atoms with van der Waals surface area (Å²) in [4.78, 5) is 7.06. The summed E-state index contributed by atoms with van der Waals surface area (Å²) in [5, 5.41) is 0. The number of aromatic nitrogens is 1. The van der Waals surface area contributed by atoms with Gasteiger partial charge in [-0.3, -0.25) is 0 Å². The second kappa shape index (κ2) is 8.16. The van der Waals surface area contributed by atoms with Gasteiger partial charge in [0.2, 0.25) is 0 Å². The molecule has 1 atom stereocenters. The largest absolute Gasteiger partial charge is 0.356 e. The van der Waals surface area contributed by atoms with Gasteiger partial charge in [-0.2, -0.15) is 0 Å². The highest BCUT2D eigenvalue weighted by molar-refractivity contribution is 5.47. The van der Waals surface area contributed by atoms with Crippen molar-refractivity contribution in [3.63, 3.8) is 0 Å². The molecule has 0 saturated heterocycles. The summed E-state index contributed by atoms with van der Waals surface area (Å²) < 4.78 is 0. The average Bonchev–Trinajstić information content (AvgIpc) is 2.38. The normalized spacial score (nSPS) is 12.5. The molecule has 1 heterocycles. The summed E-state index contributed by atoms with van der Waals surface area (Å²) in [6, 6.07) is 2.49. The van der Waals surface area contributed by atoms with Gasteiger partial charge in [0, 0.05) is 25.3 Å². The minimum absolute atomic E-state index is 0.245. The van der Waals surface area contributed by atoms with Crippen molar-refractivity contribution in [2.75, 3.05) is 18.0 Å². The van der Waals surface area contributed by atoms with E-state index >= 15 is 0 Å². The molecule has 0 aliphatic heterocycles. The van der Waals surface area contributed by atoms with E-state index < -0.39 is 0 Å². The van der Waals surface area contributed by atoms with E-state index in [1.807, 2.05) is 6.20 Å². The molecular formula is C16H29N3. The van der Waals surface area contributed by atoms with E-state index in [1.54, 1.807) is 0 Å². The molecule has 3 heteroatoms. The van der Waals surface area contributed by atoms with Gasteiger partial charge in [-0.1, -0.05) is 26.8 Å². The van der Waals surface area contributed by atoms with Gasteiger partial charge in [0.25, 0.3) is 0 Å². The smallest absolute Gasteiger partial charge is 0.131 e. The molecule has 0 saturated carbocycles. The molecule has 3 nitrogen and oxygen atoms in total. The Morgan fingerprint density at radius 2 is 1.84 bits per heavy atom. The number of pyridine rings is 1. The molecule has 0 amide bonds. The molecule has 1 unspecified atom stereocenters. The first kappa shape index (κ1) is 16.0. The highest BCUT2D eigenvalue weighted by Crippen LogP contribution is 2.19. The Hall–Kier alpha value is -1.09. The number of nitrogens with zero attached hydrogens (tertiary/aromatic N) is 2. The number of aryl methyl sites for hydroxylation is 1. The molecule has 0 fully saturated rings. The molecule has 0 radical (unpaired) electrons. The Morgan fingerprint density at radius 3 is 2.32 bits per heavy atom. The standard InChI is InChI=1S/C16H29N3/c1-5-8-19(9-6-2)16-13(4)10-14(12-18-16)11-15(17)7-3/h10,12,15H,5-9,11,17H2,1-4H3. The molecule has 0 aliphatic carbocycles. The van der Waals surface area contributed by atoms with Crippen molar-refractivity contribution in [3.05, 3.63) is 23.4 Å². The number of rotatable bonds is 8. The maximum Gasteiger partial charge on any atom is 0.131 e. The molecule has 2 N–H and O–H groups in total. The van der Waals surface area contributed by atoms with Crippen LogP contribution in [0.25, 0.3) is 0 Å². The SMILES string of the molecule is CCCN(CCC)c1ncc(CC(N)CC)cc1C. The molecule has 0 bridgehead atoms. The first-order valence-electron chi connectivity index (χ1n) is 7.58. The highest BCUT2D eigenvalue weighted by Gasteiger charge is 2.10. The topological polar surface area (TPSA) is 42.2 Å². The first-order chi connectivity index (χ1) is 9.12. The number of nitrogens with two attached hydrogens (primary N) is 1. The molecule has 1 rings (SSSR count). The van der Waals surface area contributed by atoms with Gasteiger partial charge in [-0.05, 0) is 43.7 Å². The van der Waals surface area contributed by atoms with Gasteiger partial charge in [0.1, 0.15) is 5.82 Å². The highest BCUT2D eigenvalue weighted by atomic mass is 15.2. The van der Waals surface area contributed by atoms with Gasteiger partial charge in [-0.25, -0.2) is 4.98 Å². The van der Waals surface area contributed by atoms with Crippen LogP contribution >= 0.6 is 0 Å². The van der Waals surface area contributed by atoms with Crippen molar-refractivity contribution in [2.45, 2.75) is 59.4 Å². The van der Waals surface area contributed by atoms with Gasteiger partial charge < -0.3 is 10.6 Å². The third-order valence-electron chi connectivity index (χ3n) is 3.42. The summed E-state index contributed by atoms with van der Waals surface area (Å²) in [7, 11) is 0. The lowest BCUT2D eigenvalue weighted by Gasteiger charge is -2.24. The third kappa shape index (κ3) is 4.83. The Balaban J connectivity index is 2.85. The Morgan fingerprint density at radius 1 is 1.21 bits per heavy atom. The fourth-order valence-corrected chi connectivity index (χ4v) is 2.38. The molecule has 0 aliphatic rings. The number of hydrogen-bond donors (Lipinski definition) is 1. The lowest BCUT2D eigenvalue weighted by Crippen LogP contribution is -2.27. The summed E-state index contributed by atoms with van der Waals surface area (Å²) in [5.41, 5.74) is 8.53. The monoisotopic (exact) mass is 263 g/mol. The van der Waals surface area contributed by atoms with Crippen molar-refractivity contribution in [1.29, 1.82) is 0 Å². The van der Waals surface area contributed by atoms with E-state index in [0.717, 1.165) is 44.6 Å².